The maximum absolute atomic E-state index is 11.2. The molecule has 0 radical (unpaired) electrons. The van der Waals surface area contributed by atoms with Gasteiger partial charge in [0.15, 0.2) is 0 Å². The average Bonchev–Trinajstić information content (AvgIpc) is 2.88. The van der Waals surface area contributed by atoms with Crippen molar-refractivity contribution >= 4 is 12.2 Å². The number of carboxylic acids is 1. The fourth-order valence-corrected chi connectivity index (χ4v) is 3.41. The number of aliphatic carboxylic acids is 1. The number of hydrogen-bond donors (Lipinski definition) is 2. The number of rotatable bonds is 14. The first-order valence-electron chi connectivity index (χ1n) is 9.26. The van der Waals surface area contributed by atoms with Crippen LogP contribution in [0.15, 0.2) is 4.99 Å². The summed E-state index contributed by atoms with van der Waals surface area (Å²) in [4.78, 5) is 17.7. The monoisotopic (exact) mass is 368 g/mol. The first kappa shape index (κ1) is 27.2. The molecule has 0 aromatic carbocycles. The zero-order valence-electron chi connectivity index (χ0n) is 17.2. The van der Waals surface area contributed by atoms with Gasteiger partial charge in [0.1, 0.15) is 5.66 Å². The van der Waals surface area contributed by atoms with Crippen LogP contribution < -0.4 is 29.6 Å². The van der Waals surface area contributed by atoms with Crippen molar-refractivity contribution in [1.29, 1.82) is 0 Å². The average molecular weight is 368 g/mol. The van der Waals surface area contributed by atoms with Gasteiger partial charge in [0, 0.05) is 19.3 Å². The molecule has 0 saturated carbocycles. The summed E-state index contributed by atoms with van der Waals surface area (Å²) in [6, 6.07) is 0. The van der Waals surface area contributed by atoms with Crippen molar-refractivity contribution in [2.24, 2.45) is 4.99 Å². The van der Waals surface area contributed by atoms with Gasteiger partial charge in [0.2, 0.25) is 0 Å². The molecule has 0 aliphatic carbocycles. The number of carboxylic acid groups (broad SMARTS) is 1. The number of aliphatic hydroxyl groups is 1. The minimum atomic E-state index is -0.817. The molecule has 0 bridgehead atoms. The molecular formula is C18H37N2NaO4. The number of carbonyl (C=O) groups is 1. The van der Waals surface area contributed by atoms with Crippen LogP contribution >= 0.6 is 0 Å². The zero-order valence-corrected chi connectivity index (χ0v) is 18.2. The van der Waals surface area contributed by atoms with Gasteiger partial charge in [0.25, 0.3) is 0 Å². The molecule has 6 nitrogen and oxygen atoms in total. The van der Waals surface area contributed by atoms with E-state index < -0.39 is 11.6 Å². The number of aliphatic hydroxyl groups excluding tert-OH is 1. The van der Waals surface area contributed by atoms with Crippen molar-refractivity contribution in [2.75, 3.05) is 19.7 Å². The van der Waals surface area contributed by atoms with E-state index in [1.165, 1.54) is 44.9 Å². The molecule has 7 heteroatoms. The van der Waals surface area contributed by atoms with Crippen LogP contribution in [0.1, 0.15) is 79.0 Å². The summed E-state index contributed by atoms with van der Waals surface area (Å²) in [5, 5.41) is 18.4. The van der Waals surface area contributed by atoms with Crippen LogP contribution in [0.5, 0.6) is 0 Å². The molecule has 0 saturated heterocycles. The van der Waals surface area contributed by atoms with Gasteiger partial charge in [-0.1, -0.05) is 58.3 Å². The Bertz CT molecular complexity index is 375. The molecule has 4 N–H and O–H groups in total. The molecule has 1 atom stereocenters. The molecule has 1 unspecified atom stereocenters. The van der Waals surface area contributed by atoms with Crippen molar-refractivity contribution in [3.8, 4) is 0 Å². The Morgan fingerprint density at radius 3 is 2.24 bits per heavy atom. The number of hydrogen-bond acceptors (Lipinski definition) is 4. The topological polar surface area (TPSA) is 105 Å². The van der Waals surface area contributed by atoms with Crippen LogP contribution in [-0.2, 0) is 4.79 Å². The van der Waals surface area contributed by atoms with Crippen molar-refractivity contribution in [2.45, 2.75) is 83.2 Å². The molecule has 1 aliphatic rings. The van der Waals surface area contributed by atoms with Crippen LogP contribution in [0, 0.1) is 0 Å². The summed E-state index contributed by atoms with van der Waals surface area (Å²) in [7, 11) is 0. The maximum atomic E-state index is 11.2. The Morgan fingerprint density at radius 1 is 1.16 bits per heavy atom. The van der Waals surface area contributed by atoms with E-state index in [2.05, 4.69) is 11.9 Å². The third kappa shape index (κ3) is 10.7. The van der Waals surface area contributed by atoms with Gasteiger partial charge in [-0.2, -0.15) is 0 Å². The standard InChI is InChI=1S/C18H34N2O3.Na.H2O.H/c1-2-3-4-5-6-7-8-9-10-11-18(16-17(22)23)19-12-13-20(18)14-15-21;;;/h12,21H,2-11,13-16H2,1H3,(H,22,23);;1H2;/q;+1;;-1. The Balaban J connectivity index is -0.00000176. The SMILES string of the molecule is CCCCCCCCCCCC1(CC(=O)O)N=CCN1CCO.O.[H-].[Na+]. The Labute approximate surface area is 176 Å². The van der Waals surface area contributed by atoms with E-state index >= 15 is 0 Å². The molecule has 0 amide bonds. The van der Waals surface area contributed by atoms with E-state index in [0.717, 1.165) is 19.3 Å². The summed E-state index contributed by atoms with van der Waals surface area (Å²) in [6.07, 6.45) is 13.9. The summed E-state index contributed by atoms with van der Waals surface area (Å²) in [5.74, 6) is -0.817. The van der Waals surface area contributed by atoms with Crippen LogP contribution in [0.4, 0.5) is 0 Å². The predicted molar refractivity (Wildman–Crippen MR) is 98.7 cm³/mol. The molecular weight excluding hydrogens is 331 g/mol. The quantitative estimate of drug-likeness (QED) is 0.326. The number of unbranched alkanes of at least 4 members (excludes halogenated alkanes) is 8. The summed E-state index contributed by atoms with van der Waals surface area (Å²) in [6.45, 7) is 3.41. The fourth-order valence-electron chi connectivity index (χ4n) is 3.41. The summed E-state index contributed by atoms with van der Waals surface area (Å²) in [5.41, 5.74) is -0.629. The van der Waals surface area contributed by atoms with Crippen LogP contribution in [0.2, 0.25) is 0 Å². The van der Waals surface area contributed by atoms with Crippen LogP contribution in [0.25, 0.3) is 0 Å². The van der Waals surface area contributed by atoms with Crippen molar-refractivity contribution in [3.63, 3.8) is 0 Å². The zero-order chi connectivity index (χ0) is 17.0. The first-order valence-corrected chi connectivity index (χ1v) is 9.26. The molecule has 0 aromatic heterocycles. The third-order valence-corrected chi connectivity index (χ3v) is 4.71. The third-order valence-electron chi connectivity index (χ3n) is 4.71. The van der Waals surface area contributed by atoms with Crippen LogP contribution in [0.3, 0.4) is 0 Å². The molecule has 0 fully saturated rings. The summed E-state index contributed by atoms with van der Waals surface area (Å²) >= 11 is 0. The maximum Gasteiger partial charge on any atom is 1.00 e. The molecule has 25 heavy (non-hydrogen) atoms. The van der Waals surface area contributed by atoms with E-state index in [9.17, 15) is 15.0 Å². The fraction of sp³-hybridized carbons (Fsp3) is 0.889. The first-order chi connectivity index (χ1) is 11.1. The predicted octanol–water partition coefficient (Wildman–Crippen LogP) is -0.251. The van der Waals surface area contributed by atoms with E-state index in [4.69, 9.17) is 0 Å². The van der Waals surface area contributed by atoms with Crippen LogP contribution in [-0.4, -0.2) is 58.1 Å². The number of aliphatic imine (C=N–C) groups is 1. The Kier molecular flexibility index (Phi) is 17.7. The normalized spacial score (nSPS) is 19.4. The van der Waals surface area contributed by atoms with E-state index in [1.54, 1.807) is 6.21 Å². The van der Waals surface area contributed by atoms with E-state index in [-0.39, 0.29) is 49.5 Å². The molecule has 0 spiro atoms. The van der Waals surface area contributed by atoms with E-state index in [1.807, 2.05) is 4.90 Å². The van der Waals surface area contributed by atoms with Crippen molar-refractivity contribution < 1.29 is 51.5 Å². The summed E-state index contributed by atoms with van der Waals surface area (Å²) < 4.78 is 0. The Hall–Kier alpha value is 0.0200. The number of β-amino-alcohol motifs (C(OH)–C–C–N with tert-alkyl or cyclic N) is 1. The van der Waals surface area contributed by atoms with Gasteiger partial charge in [-0.3, -0.25) is 14.7 Å². The molecule has 1 rings (SSSR count). The molecule has 1 heterocycles. The van der Waals surface area contributed by atoms with Gasteiger partial charge in [-0.15, -0.1) is 0 Å². The van der Waals surface area contributed by atoms with Gasteiger partial charge in [0.05, 0.1) is 13.0 Å². The Morgan fingerprint density at radius 2 is 1.72 bits per heavy atom. The number of nitrogens with zero attached hydrogens (tertiary/aromatic N) is 2. The second kappa shape index (κ2) is 16.2. The molecule has 144 valence electrons. The van der Waals surface area contributed by atoms with Gasteiger partial charge in [-0.05, 0) is 12.8 Å². The van der Waals surface area contributed by atoms with Crippen molar-refractivity contribution in [1.82, 2.24) is 4.90 Å². The minimum absolute atomic E-state index is 0. The van der Waals surface area contributed by atoms with Crippen molar-refractivity contribution in [3.05, 3.63) is 0 Å². The molecule has 1 aliphatic heterocycles. The van der Waals surface area contributed by atoms with Gasteiger partial charge >= 0.3 is 35.5 Å². The van der Waals surface area contributed by atoms with Gasteiger partial charge < -0.3 is 17.1 Å². The second-order valence-corrected chi connectivity index (χ2v) is 6.61. The smallest absolute Gasteiger partial charge is 1.00 e. The van der Waals surface area contributed by atoms with Gasteiger partial charge in [-0.25, -0.2) is 0 Å². The molecule has 0 aromatic rings. The largest absolute Gasteiger partial charge is 1.00 e. The van der Waals surface area contributed by atoms with E-state index in [0.29, 0.717) is 13.1 Å². The minimum Gasteiger partial charge on any atom is -1.00 e. The second-order valence-electron chi connectivity index (χ2n) is 6.61.